The molecule has 18 heavy (non-hydrogen) atoms. The normalized spacial score (nSPS) is 17.4. The Balaban J connectivity index is 1.76. The van der Waals surface area contributed by atoms with Gasteiger partial charge in [-0.2, -0.15) is 17.8 Å². The number of aromatic amines is 1. The third-order valence-electron chi connectivity index (χ3n) is 2.56. The minimum atomic E-state index is -4.59. The molecule has 2 heterocycles. The fourth-order valence-electron chi connectivity index (χ4n) is 1.57. The molecule has 1 aromatic heterocycles. The Morgan fingerprint density at radius 2 is 2.33 bits per heavy atom. The van der Waals surface area contributed by atoms with Crippen LogP contribution >= 0.6 is 15.9 Å². The Morgan fingerprint density at radius 1 is 1.67 bits per heavy atom. The lowest BCUT2D eigenvalue weighted by Crippen LogP contribution is -2.52. The number of carbonyl (C=O) groups is 1. The van der Waals surface area contributed by atoms with Crippen LogP contribution in [0, 0.1) is 5.92 Å². The summed E-state index contributed by atoms with van der Waals surface area (Å²) in [6.45, 7) is 0.460. The van der Waals surface area contributed by atoms with Gasteiger partial charge < -0.3 is 5.32 Å². The van der Waals surface area contributed by atoms with Crippen LogP contribution in [0.3, 0.4) is 0 Å². The third kappa shape index (κ3) is 3.06. The first-order valence-corrected chi connectivity index (χ1v) is 7.18. The largest absolute Gasteiger partial charge is 0.374 e. The molecule has 0 aliphatic carbocycles. The quantitative estimate of drug-likeness (QED) is 0.757. The van der Waals surface area contributed by atoms with Crippen LogP contribution in [0.25, 0.3) is 0 Å². The van der Waals surface area contributed by atoms with Crippen LogP contribution in [0.5, 0.6) is 0 Å². The van der Waals surface area contributed by atoms with Gasteiger partial charge in [0.25, 0.3) is 5.91 Å². The molecule has 1 saturated heterocycles. The minimum Gasteiger partial charge on any atom is -0.350 e. The molecule has 1 fully saturated rings. The second-order valence-electron chi connectivity index (χ2n) is 3.94. The number of rotatable bonds is 4. The lowest BCUT2D eigenvalue weighted by atomic mass is 10.0. The average Bonchev–Trinajstić information content (AvgIpc) is 2.60. The van der Waals surface area contributed by atoms with Gasteiger partial charge in [-0.15, -0.1) is 0 Å². The number of nitrogens with zero attached hydrogens (tertiary/aromatic N) is 2. The monoisotopic (exact) mass is 340 g/mol. The van der Waals surface area contributed by atoms with Gasteiger partial charge in [-0.3, -0.25) is 9.89 Å². The van der Waals surface area contributed by atoms with Gasteiger partial charge in [0.15, 0.2) is 5.69 Å². The summed E-state index contributed by atoms with van der Waals surface area (Å²) >= 11 is 3.12. The summed E-state index contributed by atoms with van der Waals surface area (Å²) in [5.74, 6) is -0.430. The Bertz CT molecular complexity index is 554. The zero-order valence-corrected chi connectivity index (χ0v) is 11.5. The number of carbonyl (C=O) groups excluding carboxylic acids is 1. The van der Waals surface area contributed by atoms with Crippen molar-refractivity contribution in [3.8, 4) is 0 Å². The highest BCUT2D eigenvalue weighted by Gasteiger charge is 2.35. The van der Waals surface area contributed by atoms with E-state index >= 15 is 0 Å². The predicted molar refractivity (Wildman–Crippen MR) is 63.7 cm³/mol. The Labute approximate surface area is 111 Å². The molecule has 10 heteroatoms. The minimum absolute atomic E-state index is 0.0677. The van der Waals surface area contributed by atoms with Crippen LogP contribution in [0.15, 0.2) is 10.7 Å². The molecule has 1 aliphatic rings. The van der Waals surface area contributed by atoms with Crippen molar-refractivity contribution in [3.63, 3.8) is 0 Å². The van der Waals surface area contributed by atoms with Gasteiger partial charge in [0, 0.05) is 31.6 Å². The molecule has 0 aromatic carbocycles. The standard InChI is InChI=1S/C8H10BrFN4O3S/c9-7-1-6(12-13-7)8(15)11-2-5-3-14(4-5)18(10,16)17/h1,5H,2-4H2,(H,11,15)(H,12,13). The fraction of sp³-hybridized carbons (Fsp3) is 0.500. The van der Waals surface area contributed by atoms with E-state index in [9.17, 15) is 17.1 Å². The summed E-state index contributed by atoms with van der Waals surface area (Å²) in [4.78, 5) is 11.6. The maximum absolute atomic E-state index is 12.5. The van der Waals surface area contributed by atoms with Crippen molar-refractivity contribution in [1.29, 1.82) is 0 Å². The number of hydrogen-bond acceptors (Lipinski definition) is 4. The van der Waals surface area contributed by atoms with Crippen molar-refractivity contribution < 1.29 is 17.1 Å². The summed E-state index contributed by atoms with van der Waals surface area (Å²) in [6, 6.07) is 1.52. The molecule has 2 N–H and O–H groups in total. The van der Waals surface area contributed by atoms with Crippen LogP contribution in [0.4, 0.5) is 3.89 Å². The van der Waals surface area contributed by atoms with Crippen molar-refractivity contribution in [2.24, 2.45) is 5.92 Å². The number of nitrogens with one attached hydrogen (secondary N) is 2. The van der Waals surface area contributed by atoms with Crippen LogP contribution in [0.2, 0.25) is 0 Å². The van der Waals surface area contributed by atoms with E-state index < -0.39 is 10.4 Å². The van der Waals surface area contributed by atoms with Crippen molar-refractivity contribution in [2.75, 3.05) is 19.6 Å². The van der Waals surface area contributed by atoms with Gasteiger partial charge >= 0.3 is 10.4 Å². The molecule has 0 saturated carbocycles. The van der Waals surface area contributed by atoms with Crippen molar-refractivity contribution in [3.05, 3.63) is 16.4 Å². The predicted octanol–water partition coefficient (Wildman–Crippen LogP) is 0.0481. The second-order valence-corrected chi connectivity index (χ2v) is 6.13. The van der Waals surface area contributed by atoms with Gasteiger partial charge in [0.05, 0.1) is 0 Å². The number of halogens is 2. The summed E-state index contributed by atoms with van der Waals surface area (Å²) in [6.07, 6.45) is 0. The smallest absolute Gasteiger partial charge is 0.350 e. The molecule has 0 radical (unpaired) electrons. The Hall–Kier alpha value is -1.00. The highest BCUT2D eigenvalue weighted by Crippen LogP contribution is 2.19. The second kappa shape index (κ2) is 4.94. The molecule has 0 bridgehead atoms. The molecule has 0 spiro atoms. The number of H-pyrrole nitrogens is 1. The van der Waals surface area contributed by atoms with E-state index in [1.54, 1.807) is 0 Å². The van der Waals surface area contributed by atoms with E-state index in [4.69, 9.17) is 0 Å². The van der Waals surface area contributed by atoms with Gasteiger partial charge in [-0.1, -0.05) is 3.89 Å². The Morgan fingerprint density at radius 3 is 2.83 bits per heavy atom. The van der Waals surface area contributed by atoms with E-state index in [1.165, 1.54) is 6.07 Å². The third-order valence-corrected chi connectivity index (χ3v) is 3.88. The molecule has 0 unspecified atom stereocenters. The zero-order valence-electron chi connectivity index (χ0n) is 9.06. The van der Waals surface area contributed by atoms with Crippen molar-refractivity contribution in [1.82, 2.24) is 19.8 Å². The Kier molecular flexibility index (Phi) is 3.69. The molecule has 0 atom stereocenters. The number of aromatic nitrogens is 2. The van der Waals surface area contributed by atoms with Gasteiger partial charge in [-0.25, -0.2) is 0 Å². The van der Waals surface area contributed by atoms with Crippen LogP contribution in [-0.2, 0) is 10.4 Å². The van der Waals surface area contributed by atoms with Crippen LogP contribution < -0.4 is 5.32 Å². The van der Waals surface area contributed by atoms with E-state index in [0.29, 0.717) is 4.60 Å². The molecule has 100 valence electrons. The van der Waals surface area contributed by atoms with E-state index in [-0.39, 0.29) is 37.2 Å². The number of hydrogen-bond donors (Lipinski definition) is 2. The van der Waals surface area contributed by atoms with Gasteiger partial charge in [0.2, 0.25) is 0 Å². The van der Waals surface area contributed by atoms with E-state index in [1.807, 2.05) is 0 Å². The first-order valence-electron chi connectivity index (χ1n) is 5.05. The molecule has 1 aliphatic heterocycles. The fourth-order valence-corrected chi connectivity index (χ4v) is 2.66. The molecule has 1 aromatic rings. The summed E-state index contributed by atoms with van der Waals surface area (Å²) < 4.78 is 34.7. The first kappa shape index (κ1) is 13.4. The highest BCUT2D eigenvalue weighted by molar-refractivity contribution is 9.10. The van der Waals surface area contributed by atoms with E-state index in [2.05, 4.69) is 31.4 Å². The molecule has 1 amide bonds. The number of amides is 1. The van der Waals surface area contributed by atoms with Gasteiger partial charge in [0.1, 0.15) is 4.60 Å². The summed E-state index contributed by atoms with van der Waals surface area (Å²) in [5, 5.41) is 8.90. The average molecular weight is 341 g/mol. The van der Waals surface area contributed by atoms with E-state index in [0.717, 1.165) is 4.31 Å². The molecule has 7 nitrogen and oxygen atoms in total. The topological polar surface area (TPSA) is 95.2 Å². The molecular formula is C8H10BrFN4O3S. The molecule has 2 rings (SSSR count). The maximum atomic E-state index is 12.5. The summed E-state index contributed by atoms with van der Waals surface area (Å²) in [5.41, 5.74) is 0.233. The highest BCUT2D eigenvalue weighted by atomic mass is 79.9. The van der Waals surface area contributed by atoms with Crippen molar-refractivity contribution in [2.45, 2.75) is 0 Å². The van der Waals surface area contributed by atoms with Gasteiger partial charge in [-0.05, 0) is 15.9 Å². The summed E-state index contributed by atoms with van der Waals surface area (Å²) in [7, 11) is -4.59. The van der Waals surface area contributed by atoms with Crippen molar-refractivity contribution >= 4 is 32.2 Å². The molecular weight excluding hydrogens is 331 g/mol. The zero-order chi connectivity index (χ0) is 13.3. The lowest BCUT2D eigenvalue weighted by molar-refractivity contribution is 0.0923. The van der Waals surface area contributed by atoms with Crippen LogP contribution in [-0.4, -0.2) is 48.5 Å². The first-order chi connectivity index (χ1) is 8.36. The van der Waals surface area contributed by atoms with Crippen LogP contribution in [0.1, 0.15) is 10.5 Å². The maximum Gasteiger partial charge on any atom is 0.374 e. The SMILES string of the molecule is O=C(NCC1CN(S(=O)(=O)F)C1)c1cc(Br)[nH]n1. The lowest BCUT2D eigenvalue weighted by Gasteiger charge is -2.35.